The first kappa shape index (κ1) is 11.6. The van der Waals surface area contributed by atoms with Gasteiger partial charge in [-0.05, 0) is 5.92 Å². The fourth-order valence-corrected chi connectivity index (χ4v) is 1.24. The van der Waals surface area contributed by atoms with Crippen LogP contribution in [0.25, 0.3) is 0 Å². The van der Waals surface area contributed by atoms with Crippen LogP contribution < -0.4 is 5.32 Å². The Labute approximate surface area is 77.2 Å². The number of rotatable bonds is 5. The lowest BCUT2D eigenvalue weighted by molar-refractivity contribution is -0.121. The van der Waals surface area contributed by atoms with Gasteiger partial charge >= 0.3 is 0 Å². The van der Waals surface area contributed by atoms with Crippen molar-refractivity contribution in [2.75, 3.05) is 0 Å². The molecule has 0 fully saturated rings. The molecule has 0 aromatic carbocycles. The largest absolute Gasteiger partial charge is 0.305 e. The summed E-state index contributed by atoms with van der Waals surface area (Å²) in [4.78, 5) is 11.4. The molecule has 12 heavy (non-hydrogen) atoms. The van der Waals surface area contributed by atoms with E-state index in [1.807, 2.05) is 6.92 Å². The zero-order valence-corrected chi connectivity index (χ0v) is 8.85. The Balaban J connectivity index is 0. The molecule has 0 saturated heterocycles. The molecule has 0 saturated carbocycles. The molecule has 1 atom stereocenters. The van der Waals surface area contributed by atoms with E-state index in [4.69, 9.17) is 0 Å². The summed E-state index contributed by atoms with van der Waals surface area (Å²) in [5.41, 5.74) is 0. The maximum atomic E-state index is 11.4. The van der Waals surface area contributed by atoms with Gasteiger partial charge in [-0.15, -0.1) is 0 Å². The molecule has 0 aliphatic carbocycles. The number of hydrogen-bond acceptors (Lipinski definition) is 2. The van der Waals surface area contributed by atoms with Gasteiger partial charge in [-0.25, -0.2) is 0 Å². The van der Waals surface area contributed by atoms with Gasteiger partial charge in [0.25, 0.3) is 0 Å². The minimum Gasteiger partial charge on any atom is -0.305 e. The van der Waals surface area contributed by atoms with E-state index in [1.165, 1.54) is 0 Å². The molecule has 0 rings (SSSR count). The third-order valence-corrected chi connectivity index (χ3v) is 1.87. The molecule has 0 aliphatic heterocycles. The topological polar surface area (TPSA) is 29.1 Å². The van der Waals surface area contributed by atoms with Crippen LogP contribution in [0.5, 0.6) is 0 Å². The minimum absolute atomic E-state index is 0. The molecule has 0 radical (unpaired) electrons. The van der Waals surface area contributed by atoms with Crippen molar-refractivity contribution in [2.24, 2.45) is 5.92 Å². The van der Waals surface area contributed by atoms with Crippen LogP contribution in [0.15, 0.2) is 0 Å². The summed E-state index contributed by atoms with van der Waals surface area (Å²) in [6.45, 7) is 10.2. The smallest absolute Gasteiger partial charge is 0.149 e. The lowest BCUT2D eigenvalue weighted by Crippen LogP contribution is -2.44. The van der Waals surface area contributed by atoms with E-state index in [0.29, 0.717) is 24.2 Å². The second-order valence-electron chi connectivity index (χ2n) is 3.86. The van der Waals surface area contributed by atoms with Crippen LogP contribution >= 0.6 is 0 Å². The molecular weight excluding hydrogens is 150 g/mol. The van der Waals surface area contributed by atoms with Crippen LogP contribution in [0.3, 0.4) is 0 Å². The van der Waals surface area contributed by atoms with Crippen molar-refractivity contribution in [3.05, 3.63) is 0 Å². The maximum absolute atomic E-state index is 11.4. The Morgan fingerprint density at radius 2 is 1.83 bits per heavy atom. The summed E-state index contributed by atoms with van der Waals surface area (Å²) < 4.78 is 0. The number of nitrogens with one attached hydrogen (secondary N) is 1. The van der Waals surface area contributed by atoms with Crippen molar-refractivity contribution in [1.82, 2.24) is 5.32 Å². The van der Waals surface area contributed by atoms with Gasteiger partial charge in [-0.3, -0.25) is 4.79 Å². The van der Waals surface area contributed by atoms with Gasteiger partial charge in [0.1, 0.15) is 5.78 Å². The molecule has 0 amide bonds. The highest BCUT2D eigenvalue weighted by molar-refractivity contribution is 5.83. The van der Waals surface area contributed by atoms with Gasteiger partial charge < -0.3 is 5.32 Å². The highest BCUT2D eigenvalue weighted by atomic mass is 16.1. The number of ketones is 1. The van der Waals surface area contributed by atoms with Crippen LogP contribution in [0.2, 0.25) is 0 Å². The Kier molecular flexibility index (Phi) is 5.14. The number of hydrogen-bond donors (Lipinski definition) is 1. The van der Waals surface area contributed by atoms with Gasteiger partial charge in [0, 0.05) is 13.9 Å². The Hall–Kier alpha value is -0.370. The lowest BCUT2D eigenvalue weighted by atomic mass is 9.98. The van der Waals surface area contributed by atoms with Crippen molar-refractivity contribution < 1.29 is 6.22 Å². The summed E-state index contributed by atoms with van der Waals surface area (Å²) in [5, 5.41) is 3.28. The number of carbonyl (C=O) groups is 1. The SMILES string of the molecule is CCC(=O)C(NC(C)C)C(C)C.[HH]. The molecule has 2 heteroatoms. The zero-order chi connectivity index (χ0) is 9.72. The van der Waals surface area contributed by atoms with Gasteiger partial charge in [0.15, 0.2) is 0 Å². The van der Waals surface area contributed by atoms with Crippen LogP contribution in [0.4, 0.5) is 0 Å². The highest BCUT2D eigenvalue weighted by Crippen LogP contribution is 2.05. The first-order valence-electron chi connectivity index (χ1n) is 4.77. The summed E-state index contributed by atoms with van der Waals surface area (Å²) in [5.74, 6) is 0.707. The Morgan fingerprint density at radius 3 is 2.08 bits per heavy atom. The van der Waals surface area contributed by atoms with Gasteiger partial charge in [-0.2, -0.15) is 0 Å². The quantitative estimate of drug-likeness (QED) is 0.690. The van der Waals surface area contributed by atoms with E-state index >= 15 is 0 Å². The normalized spacial score (nSPS) is 13.9. The second-order valence-corrected chi connectivity index (χ2v) is 3.86. The van der Waals surface area contributed by atoms with Crippen LogP contribution in [0.1, 0.15) is 42.5 Å². The van der Waals surface area contributed by atoms with Crippen LogP contribution in [0, 0.1) is 5.92 Å². The molecule has 2 nitrogen and oxygen atoms in total. The van der Waals surface area contributed by atoms with Crippen molar-refractivity contribution in [1.29, 1.82) is 0 Å². The number of Topliss-reactive ketones (excluding diaryl/α,β-unsaturated/α-hetero) is 1. The standard InChI is InChI=1S/C10H21NO.H2/c1-6-9(12)10(7(2)3)11-8(4)5;/h7-8,10-11H,6H2,1-5H3;1H. The van der Waals surface area contributed by atoms with E-state index in [9.17, 15) is 4.79 Å². The third-order valence-electron chi connectivity index (χ3n) is 1.87. The van der Waals surface area contributed by atoms with Crippen molar-refractivity contribution in [3.63, 3.8) is 0 Å². The van der Waals surface area contributed by atoms with Crippen molar-refractivity contribution in [3.8, 4) is 0 Å². The molecule has 1 N–H and O–H groups in total. The lowest BCUT2D eigenvalue weighted by Gasteiger charge is -2.22. The molecule has 74 valence electrons. The first-order valence-corrected chi connectivity index (χ1v) is 4.77. The molecule has 0 aliphatic rings. The van der Waals surface area contributed by atoms with Crippen LogP contribution in [-0.4, -0.2) is 17.9 Å². The fraction of sp³-hybridized carbons (Fsp3) is 0.900. The monoisotopic (exact) mass is 173 g/mol. The molecule has 0 aromatic heterocycles. The van der Waals surface area contributed by atoms with Gasteiger partial charge in [0.05, 0.1) is 6.04 Å². The van der Waals surface area contributed by atoms with Gasteiger partial charge in [-0.1, -0.05) is 34.6 Å². The van der Waals surface area contributed by atoms with Gasteiger partial charge in [0.2, 0.25) is 0 Å². The second kappa shape index (κ2) is 5.31. The number of carbonyl (C=O) groups excluding carboxylic acids is 1. The molecular formula is C10H23NO. The average molecular weight is 173 g/mol. The third kappa shape index (κ3) is 3.86. The van der Waals surface area contributed by atoms with E-state index < -0.39 is 0 Å². The fourth-order valence-electron chi connectivity index (χ4n) is 1.24. The summed E-state index contributed by atoms with van der Waals surface area (Å²) >= 11 is 0. The summed E-state index contributed by atoms with van der Waals surface area (Å²) in [7, 11) is 0. The summed E-state index contributed by atoms with van der Waals surface area (Å²) in [6, 6.07) is 0.419. The van der Waals surface area contributed by atoms with E-state index in [1.54, 1.807) is 0 Å². The maximum Gasteiger partial charge on any atom is 0.149 e. The molecule has 0 bridgehead atoms. The van der Waals surface area contributed by atoms with E-state index in [0.717, 1.165) is 0 Å². The van der Waals surface area contributed by atoms with E-state index in [2.05, 4.69) is 33.0 Å². The van der Waals surface area contributed by atoms with Crippen molar-refractivity contribution in [2.45, 2.75) is 53.1 Å². The molecule has 1 unspecified atom stereocenters. The minimum atomic E-state index is 0. The van der Waals surface area contributed by atoms with Crippen LogP contribution in [-0.2, 0) is 4.79 Å². The average Bonchev–Trinajstić information content (AvgIpc) is 1.98. The highest BCUT2D eigenvalue weighted by Gasteiger charge is 2.20. The Morgan fingerprint density at radius 1 is 1.33 bits per heavy atom. The molecule has 0 spiro atoms. The van der Waals surface area contributed by atoms with E-state index in [-0.39, 0.29) is 7.47 Å². The molecule has 0 aromatic rings. The predicted molar refractivity (Wildman–Crippen MR) is 54.3 cm³/mol. The predicted octanol–water partition coefficient (Wildman–Crippen LogP) is 2.23. The molecule has 0 heterocycles. The van der Waals surface area contributed by atoms with Crippen molar-refractivity contribution >= 4 is 5.78 Å². The Bertz CT molecular complexity index is 146. The first-order chi connectivity index (χ1) is 5.49. The summed E-state index contributed by atoms with van der Waals surface area (Å²) in [6.07, 6.45) is 0.628. The zero-order valence-electron chi connectivity index (χ0n) is 8.85.